The van der Waals surface area contributed by atoms with Crippen LogP contribution in [0.5, 0.6) is 5.75 Å². The minimum atomic E-state index is -0.986. The molecule has 4 fully saturated rings. The quantitative estimate of drug-likeness (QED) is 0.520. The van der Waals surface area contributed by atoms with E-state index in [1.54, 1.807) is 18.2 Å². The van der Waals surface area contributed by atoms with Crippen molar-refractivity contribution in [2.75, 3.05) is 6.54 Å². The summed E-state index contributed by atoms with van der Waals surface area (Å²) >= 11 is 0. The Balaban J connectivity index is 1.20. The van der Waals surface area contributed by atoms with E-state index in [2.05, 4.69) is 10.6 Å². The molecule has 2 amide bonds. The van der Waals surface area contributed by atoms with Crippen molar-refractivity contribution in [2.24, 2.45) is 17.8 Å². The lowest BCUT2D eigenvalue weighted by Gasteiger charge is -2.56. The normalized spacial score (nSPS) is 28.2. The average molecular weight is 449 g/mol. The number of carbonyl (C=O) groups is 2. The summed E-state index contributed by atoms with van der Waals surface area (Å²) in [4.78, 5) is 24.1. The van der Waals surface area contributed by atoms with Crippen molar-refractivity contribution in [3.8, 4) is 5.75 Å². The molecule has 0 saturated heterocycles. The lowest BCUT2D eigenvalue weighted by atomic mass is 9.53. The van der Waals surface area contributed by atoms with Crippen LogP contribution in [0.2, 0.25) is 0 Å². The number of benzene rings is 2. The fourth-order valence-corrected chi connectivity index (χ4v) is 6.69. The molecule has 0 heterocycles. The van der Waals surface area contributed by atoms with Crippen molar-refractivity contribution in [1.29, 1.82) is 0 Å². The molecule has 6 rings (SSSR count). The van der Waals surface area contributed by atoms with Gasteiger partial charge in [0.05, 0.1) is 5.56 Å². The number of rotatable bonds is 8. The summed E-state index contributed by atoms with van der Waals surface area (Å²) in [5.41, 5.74) is 1.17. The van der Waals surface area contributed by atoms with Crippen molar-refractivity contribution < 1.29 is 19.4 Å². The first-order valence-electron chi connectivity index (χ1n) is 12.1. The van der Waals surface area contributed by atoms with Gasteiger partial charge in [0, 0.05) is 18.5 Å². The second-order valence-corrected chi connectivity index (χ2v) is 10.2. The molecular formula is C27H32N2O4. The zero-order chi connectivity index (χ0) is 22.8. The van der Waals surface area contributed by atoms with E-state index in [0.29, 0.717) is 18.7 Å². The van der Waals surface area contributed by atoms with Gasteiger partial charge < -0.3 is 20.5 Å². The van der Waals surface area contributed by atoms with Crippen molar-refractivity contribution in [3.05, 3.63) is 65.7 Å². The molecule has 4 aliphatic carbocycles. The Hall–Kier alpha value is -3.02. The number of carbonyl (C=O) groups excluding carboxylic acids is 1. The first kappa shape index (κ1) is 21.8. The van der Waals surface area contributed by atoms with Gasteiger partial charge in [-0.2, -0.15) is 0 Å². The Morgan fingerprint density at radius 3 is 2.27 bits per heavy atom. The van der Waals surface area contributed by atoms with Crippen molar-refractivity contribution in [3.63, 3.8) is 0 Å². The molecule has 0 aliphatic heterocycles. The molecule has 2 aromatic carbocycles. The first-order chi connectivity index (χ1) is 16.0. The molecule has 174 valence electrons. The van der Waals surface area contributed by atoms with E-state index in [1.807, 2.05) is 30.3 Å². The van der Waals surface area contributed by atoms with Gasteiger partial charge in [0.25, 0.3) is 0 Å². The predicted octanol–water partition coefficient (Wildman–Crippen LogP) is 5.16. The molecule has 3 N–H and O–H groups in total. The maximum absolute atomic E-state index is 12.8. The van der Waals surface area contributed by atoms with Crippen LogP contribution >= 0.6 is 0 Å². The van der Waals surface area contributed by atoms with Gasteiger partial charge >= 0.3 is 12.0 Å². The monoisotopic (exact) mass is 448 g/mol. The Morgan fingerprint density at radius 1 is 0.970 bits per heavy atom. The Labute approximate surface area is 194 Å². The number of hydrogen-bond donors (Lipinski definition) is 3. The minimum absolute atomic E-state index is 0.00850. The average Bonchev–Trinajstić information content (AvgIpc) is 2.78. The van der Waals surface area contributed by atoms with Crippen LogP contribution in [-0.4, -0.2) is 29.2 Å². The summed E-state index contributed by atoms with van der Waals surface area (Å²) < 4.78 is 6.17. The van der Waals surface area contributed by atoms with Gasteiger partial charge in [0.2, 0.25) is 0 Å². The highest BCUT2D eigenvalue weighted by Crippen LogP contribution is 2.55. The van der Waals surface area contributed by atoms with Crippen LogP contribution in [-0.2, 0) is 0 Å². The third-order valence-corrected chi connectivity index (χ3v) is 7.64. The number of nitrogens with one attached hydrogen (secondary N) is 2. The van der Waals surface area contributed by atoms with Crippen LogP contribution in [0.15, 0.2) is 54.6 Å². The highest BCUT2D eigenvalue weighted by Gasteiger charge is 2.51. The molecule has 0 spiro atoms. The maximum Gasteiger partial charge on any atom is 0.335 e. The van der Waals surface area contributed by atoms with E-state index in [0.717, 1.165) is 42.6 Å². The zero-order valence-corrected chi connectivity index (χ0v) is 18.8. The lowest BCUT2D eigenvalue weighted by Crippen LogP contribution is -2.61. The van der Waals surface area contributed by atoms with E-state index in [-0.39, 0.29) is 23.2 Å². The van der Waals surface area contributed by atoms with Crippen LogP contribution < -0.4 is 15.4 Å². The van der Waals surface area contributed by atoms with E-state index in [4.69, 9.17) is 4.74 Å². The van der Waals surface area contributed by atoms with Crippen LogP contribution in [0.4, 0.5) is 4.79 Å². The van der Waals surface area contributed by atoms with E-state index < -0.39 is 5.97 Å². The smallest absolute Gasteiger partial charge is 0.335 e. The van der Waals surface area contributed by atoms with Gasteiger partial charge in [0.1, 0.15) is 11.9 Å². The molecule has 0 radical (unpaired) electrons. The van der Waals surface area contributed by atoms with Crippen molar-refractivity contribution >= 4 is 12.0 Å². The highest BCUT2D eigenvalue weighted by atomic mass is 16.5. The largest absolute Gasteiger partial charge is 0.486 e. The standard InChI is InChI=1S/C27H32N2O4/c30-25(31)22-7-4-8-23(14-22)33-24(21-5-2-1-3-6-21)9-10-28-26(32)29-27-15-18-11-19(16-27)13-20(12-18)17-27/h1-8,14,18-20,24H,9-13,15-17H2,(H,30,31)(H2,28,29,32). The van der Waals surface area contributed by atoms with Gasteiger partial charge in [-0.3, -0.25) is 0 Å². The van der Waals surface area contributed by atoms with Gasteiger partial charge in [-0.1, -0.05) is 36.4 Å². The summed E-state index contributed by atoms with van der Waals surface area (Å²) in [7, 11) is 0. The number of carboxylic acid groups (broad SMARTS) is 1. The highest BCUT2D eigenvalue weighted by molar-refractivity contribution is 5.88. The van der Waals surface area contributed by atoms with Crippen LogP contribution in [0.3, 0.4) is 0 Å². The molecule has 1 atom stereocenters. The van der Waals surface area contributed by atoms with Crippen molar-refractivity contribution in [2.45, 2.75) is 56.6 Å². The first-order valence-corrected chi connectivity index (χ1v) is 12.1. The topological polar surface area (TPSA) is 87.7 Å². The molecular weight excluding hydrogens is 416 g/mol. The van der Waals surface area contributed by atoms with Crippen LogP contribution in [0, 0.1) is 17.8 Å². The fourth-order valence-electron chi connectivity index (χ4n) is 6.69. The van der Waals surface area contributed by atoms with Gasteiger partial charge in [-0.25, -0.2) is 9.59 Å². The molecule has 4 saturated carbocycles. The summed E-state index contributed by atoms with van der Waals surface area (Å²) in [6, 6.07) is 16.3. The van der Waals surface area contributed by atoms with Gasteiger partial charge in [-0.15, -0.1) is 0 Å². The third kappa shape index (κ3) is 5.00. The predicted molar refractivity (Wildman–Crippen MR) is 125 cm³/mol. The molecule has 6 nitrogen and oxygen atoms in total. The molecule has 4 aliphatic rings. The molecule has 0 aromatic heterocycles. The Bertz CT molecular complexity index is 971. The third-order valence-electron chi connectivity index (χ3n) is 7.64. The van der Waals surface area contributed by atoms with E-state index in [9.17, 15) is 14.7 Å². The van der Waals surface area contributed by atoms with Gasteiger partial charge in [-0.05, 0) is 80.0 Å². The molecule has 1 unspecified atom stereocenters. The number of ether oxygens (including phenoxy) is 1. The number of carboxylic acids is 1. The summed E-state index contributed by atoms with van der Waals surface area (Å²) in [6.45, 7) is 0.469. The second-order valence-electron chi connectivity index (χ2n) is 10.2. The fraction of sp³-hybridized carbons (Fsp3) is 0.481. The zero-order valence-electron chi connectivity index (χ0n) is 18.8. The van der Waals surface area contributed by atoms with E-state index >= 15 is 0 Å². The molecule has 33 heavy (non-hydrogen) atoms. The van der Waals surface area contributed by atoms with Crippen molar-refractivity contribution in [1.82, 2.24) is 10.6 Å². The molecule has 2 aromatic rings. The molecule has 6 heteroatoms. The summed E-state index contributed by atoms with van der Waals surface area (Å²) in [5, 5.41) is 15.7. The molecule has 4 bridgehead atoms. The van der Waals surface area contributed by atoms with Gasteiger partial charge in [0.15, 0.2) is 0 Å². The lowest BCUT2D eigenvalue weighted by molar-refractivity contribution is -0.0135. The summed E-state index contributed by atoms with van der Waals surface area (Å²) in [6.07, 6.45) is 7.71. The summed E-state index contributed by atoms with van der Waals surface area (Å²) in [5.74, 6) is 1.87. The number of hydrogen-bond acceptors (Lipinski definition) is 3. The van der Waals surface area contributed by atoms with Crippen LogP contribution in [0.1, 0.15) is 67.0 Å². The number of amides is 2. The number of urea groups is 1. The second kappa shape index (κ2) is 9.08. The Morgan fingerprint density at radius 2 is 1.64 bits per heavy atom. The SMILES string of the molecule is O=C(NCCC(Oc1cccc(C(=O)O)c1)c1ccccc1)NC12CC3CC(CC(C3)C1)C2. The van der Waals surface area contributed by atoms with E-state index in [1.165, 1.54) is 25.3 Å². The Kier molecular flexibility index (Phi) is 6.00. The maximum atomic E-state index is 12.8. The van der Waals surface area contributed by atoms with Crippen LogP contribution in [0.25, 0.3) is 0 Å². The minimum Gasteiger partial charge on any atom is -0.486 e. The number of aromatic carboxylic acids is 1.